The molecule has 1 aliphatic heterocycles. The van der Waals surface area contributed by atoms with Crippen LogP contribution in [0.4, 0.5) is 5.82 Å². The van der Waals surface area contributed by atoms with Gasteiger partial charge in [0.25, 0.3) is 10.0 Å². The Morgan fingerprint density at radius 2 is 1.83 bits per heavy atom. The van der Waals surface area contributed by atoms with Crippen LogP contribution in [0, 0.1) is 6.92 Å². The maximum atomic E-state index is 12.8. The summed E-state index contributed by atoms with van der Waals surface area (Å²) in [7, 11) is -2.23. The maximum absolute atomic E-state index is 12.8. The molecule has 0 aliphatic carbocycles. The van der Waals surface area contributed by atoms with Crippen molar-refractivity contribution in [2.45, 2.75) is 18.2 Å². The Kier molecular flexibility index (Phi) is 4.12. The van der Waals surface area contributed by atoms with Gasteiger partial charge in [-0.3, -0.25) is 4.31 Å². The molecule has 0 saturated heterocycles. The number of fused-ring (bicyclic) bond motifs is 1. The highest BCUT2D eigenvalue weighted by Gasteiger charge is 2.24. The van der Waals surface area contributed by atoms with Crippen LogP contribution in [0.15, 0.2) is 41.3 Å². The van der Waals surface area contributed by atoms with E-state index in [0.29, 0.717) is 30.5 Å². The second kappa shape index (κ2) is 6.08. The quantitative estimate of drug-likeness (QED) is 0.862. The van der Waals surface area contributed by atoms with E-state index in [1.807, 2.05) is 13.0 Å². The van der Waals surface area contributed by atoms with Gasteiger partial charge in [0, 0.05) is 25.2 Å². The first-order valence-corrected chi connectivity index (χ1v) is 8.75. The largest absolute Gasteiger partial charge is 0.490 e. The molecule has 1 aliphatic rings. The van der Waals surface area contributed by atoms with Crippen LogP contribution in [0.3, 0.4) is 0 Å². The maximum Gasteiger partial charge on any atom is 0.265 e. The van der Waals surface area contributed by atoms with Crippen molar-refractivity contribution in [2.24, 2.45) is 0 Å². The van der Waals surface area contributed by atoms with Crippen LogP contribution < -0.4 is 13.8 Å². The van der Waals surface area contributed by atoms with Crippen LogP contribution >= 0.6 is 0 Å². The number of hydrogen-bond acceptors (Lipinski definition) is 5. The molecule has 0 radical (unpaired) electrons. The Morgan fingerprint density at radius 1 is 1.09 bits per heavy atom. The van der Waals surface area contributed by atoms with E-state index in [0.717, 1.165) is 12.1 Å². The highest BCUT2D eigenvalue weighted by atomic mass is 32.2. The minimum Gasteiger partial charge on any atom is -0.490 e. The molecule has 1 aromatic heterocycles. The van der Waals surface area contributed by atoms with Crippen molar-refractivity contribution < 1.29 is 17.9 Å². The third-order valence-electron chi connectivity index (χ3n) is 3.57. The van der Waals surface area contributed by atoms with Crippen molar-refractivity contribution in [1.29, 1.82) is 0 Å². The lowest BCUT2D eigenvalue weighted by Crippen LogP contribution is -2.27. The summed E-state index contributed by atoms with van der Waals surface area (Å²) in [6.07, 6.45) is 0.768. The van der Waals surface area contributed by atoms with Crippen LogP contribution in [0.25, 0.3) is 0 Å². The normalized spacial score (nSPS) is 14.2. The summed E-state index contributed by atoms with van der Waals surface area (Å²) in [5, 5.41) is 0. The van der Waals surface area contributed by atoms with Gasteiger partial charge in [-0.15, -0.1) is 0 Å². The number of aromatic nitrogens is 1. The molecule has 122 valence electrons. The molecule has 0 atom stereocenters. The predicted octanol–water partition coefficient (Wildman–Crippen LogP) is 2.38. The fourth-order valence-corrected chi connectivity index (χ4v) is 3.45. The van der Waals surface area contributed by atoms with Gasteiger partial charge in [-0.2, -0.15) is 0 Å². The van der Waals surface area contributed by atoms with Gasteiger partial charge < -0.3 is 9.47 Å². The first-order valence-electron chi connectivity index (χ1n) is 7.31. The number of rotatable bonds is 3. The minimum atomic E-state index is -3.72. The first kappa shape index (κ1) is 15.6. The minimum absolute atomic E-state index is 0.146. The van der Waals surface area contributed by atoms with Crippen LogP contribution in [-0.2, 0) is 10.0 Å². The van der Waals surface area contributed by atoms with Gasteiger partial charge in [0.05, 0.1) is 18.1 Å². The zero-order valence-corrected chi connectivity index (χ0v) is 13.8. The average Bonchev–Trinajstić information content (AvgIpc) is 2.78. The van der Waals surface area contributed by atoms with Gasteiger partial charge in [0.15, 0.2) is 11.5 Å². The molecule has 0 unspecified atom stereocenters. The van der Waals surface area contributed by atoms with Crippen LogP contribution in [-0.4, -0.2) is 33.7 Å². The standard InChI is InChI=1S/C16H18N2O4S/c1-12-5-3-6-16(17-12)18(2)23(19,20)13-7-8-14-15(11-13)22-10-4-9-21-14/h3,5-8,11H,4,9-10H2,1-2H3. The number of aryl methyl sites for hydroxylation is 1. The van der Waals surface area contributed by atoms with E-state index >= 15 is 0 Å². The van der Waals surface area contributed by atoms with Crippen molar-refractivity contribution in [3.63, 3.8) is 0 Å². The van der Waals surface area contributed by atoms with E-state index in [4.69, 9.17) is 9.47 Å². The molecular weight excluding hydrogens is 316 g/mol. The smallest absolute Gasteiger partial charge is 0.265 e. The number of anilines is 1. The van der Waals surface area contributed by atoms with Crippen molar-refractivity contribution >= 4 is 15.8 Å². The Hall–Kier alpha value is -2.28. The SMILES string of the molecule is Cc1cccc(N(C)S(=O)(=O)c2ccc3c(c2)OCCCO3)n1. The van der Waals surface area contributed by atoms with Crippen LogP contribution in [0.1, 0.15) is 12.1 Å². The first-order chi connectivity index (χ1) is 11.0. The zero-order valence-electron chi connectivity index (χ0n) is 13.0. The van der Waals surface area contributed by atoms with E-state index in [9.17, 15) is 8.42 Å². The summed E-state index contributed by atoms with van der Waals surface area (Å²) < 4.78 is 37.9. The molecule has 1 aromatic carbocycles. The van der Waals surface area contributed by atoms with E-state index in [-0.39, 0.29) is 4.90 Å². The number of sulfonamides is 1. The fourth-order valence-electron chi connectivity index (χ4n) is 2.29. The number of benzene rings is 1. The third-order valence-corrected chi connectivity index (χ3v) is 5.33. The van der Waals surface area contributed by atoms with Crippen molar-refractivity contribution in [1.82, 2.24) is 4.98 Å². The Bertz CT molecular complexity index is 821. The molecule has 0 N–H and O–H groups in total. The summed E-state index contributed by atoms with van der Waals surface area (Å²) >= 11 is 0. The zero-order chi connectivity index (χ0) is 16.4. The Balaban J connectivity index is 1.98. The van der Waals surface area contributed by atoms with Gasteiger partial charge in [-0.05, 0) is 31.2 Å². The second-order valence-electron chi connectivity index (χ2n) is 5.27. The number of hydrogen-bond donors (Lipinski definition) is 0. The molecule has 6 nitrogen and oxygen atoms in total. The third kappa shape index (κ3) is 3.10. The Labute approximate surface area is 135 Å². The van der Waals surface area contributed by atoms with Crippen LogP contribution in [0.5, 0.6) is 11.5 Å². The molecule has 3 rings (SSSR count). The molecule has 0 saturated carbocycles. The summed E-state index contributed by atoms with van der Waals surface area (Å²) in [6.45, 7) is 2.88. The monoisotopic (exact) mass is 334 g/mol. The molecule has 0 bridgehead atoms. The van der Waals surface area contributed by atoms with Gasteiger partial charge in [0.2, 0.25) is 0 Å². The lowest BCUT2D eigenvalue weighted by Gasteiger charge is -2.19. The van der Waals surface area contributed by atoms with Crippen LogP contribution in [0.2, 0.25) is 0 Å². The molecule has 0 amide bonds. The lowest BCUT2D eigenvalue weighted by atomic mass is 10.3. The predicted molar refractivity (Wildman–Crippen MR) is 86.6 cm³/mol. The summed E-state index contributed by atoms with van der Waals surface area (Å²) in [5.41, 5.74) is 0.753. The molecule has 0 spiro atoms. The van der Waals surface area contributed by atoms with E-state index in [2.05, 4.69) is 4.98 Å². The van der Waals surface area contributed by atoms with E-state index in [1.165, 1.54) is 23.5 Å². The topological polar surface area (TPSA) is 68.7 Å². The van der Waals surface area contributed by atoms with E-state index < -0.39 is 10.0 Å². The fraction of sp³-hybridized carbons (Fsp3) is 0.312. The van der Waals surface area contributed by atoms with Crippen molar-refractivity contribution in [3.8, 4) is 11.5 Å². The Morgan fingerprint density at radius 3 is 2.57 bits per heavy atom. The molecule has 2 heterocycles. The average molecular weight is 334 g/mol. The summed E-state index contributed by atoms with van der Waals surface area (Å²) in [6, 6.07) is 9.91. The molecule has 23 heavy (non-hydrogen) atoms. The van der Waals surface area contributed by atoms with Gasteiger partial charge in [0.1, 0.15) is 5.82 Å². The number of ether oxygens (including phenoxy) is 2. The second-order valence-corrected chi connectivity index (χ2v) is 7.24. The highest BCUT2D eigenvalue weighted by Crippen LogP contribution is 2.33. The molecular formula is C16H18N2O4S. The highest BCUT2D eigenvalue weighted by molar-refractivity contribution is 7.92. The van der Waals surface area contributed by atoms with Gasteiger partial charge in [-0.1, -0.05) is 6.07 Å². The van der Waals surface area contributed by atoms with Crippen molar-refractivity contribution in [2.75, 3.05) is 24.6 Å². The van der Waals surface area contributed by atoms with Crippen molar-refractivity contribution in [3.05, 3.63) is 42.1 Å². The number of nitrogens with zero attached hydrogens (tertiary/aromatic N) is 2. The summed E-state index contributed by atoms with van der Waals surface area (Å²) in [5.74, 6) is 1.39. The van der Waals surface area contributed by atoms with Gasteiger partial charge >= 0.3 is 0 Å². The summed E-state index contributed by atoms with van der Waals surface area (Å²) in [4.78, 5) is 4.40. The molecule has 7 heteroatoms. The van der Waals surface area contributed by atoms with E-state index in [1.54, 1.807) is 18.2 Å². The van der Waals surface area contributed by atoms with Gasteiger partial charge in [-0.25, -0.2) is 13.4 Å². The lowest BCUT2D eigenvalue weighted by molar-refractivity contribution is 0.297. The molecule has 2 aromatic rings. The number of pyridine rings is 1. The molecule has 0 fully saturated rings.